The highest BCUT2D eigenvalue weighted by molar-refractivity contribution is 6.42. The fourth-order valence-electron chi connectivity index (χ4n) is 3.86. The molecule has 4 aromatic rings. The number of anilines is 2. The standard InChI is InChI=1S/C23H20Cl2N4O2/c1-13-6-7-21(26-10-13)29-14(11-30-2)12-31-22-15(4-3-5-20(22)29)23-27-18-8-16(24)17(25)9-19(18)28-23/h3-10,14H,11-12H2,1-2H3,(H,27,28). The Morgan fingerprint density at radius 3 is 2.81 bits per heavy atom. The third-order valence-corrected chi connectivity index (χ3v) is 6.04. The number of H-pyrrole nitrogens is 1. The quantitative estimate of drug-likeness (QED) is 0.422. The minimum Gasteiger partial charge on any atom is -0.488 e. The van der Waals surface area contributed by atoms with Gasteiger partial charge in [-0.25, -0.2) is 9.97 Å². The summed E-state index contributed by atoms with van der Waals surface area (Å²) in [6.07, 6.45) is 1.87. The number of halogens is 2. The largest absolute Gasteiger partial charge is 0.488 e. The molecule has 2 aromatic carbocycles. The predicted octanol–water partition coefficient (Wildman–Crippen LogP) is 5.79. The van der Waals surface area contributed by atoms with E-state index in [2.05, 4.69) is 20.9 Å². The van der Waals surface area contributed by atoms with E-state index >= 15 is 0 Å². The van der Waals surface area contributed by atoms with E-state index in [1.165, 1.54) is 0 Å². The Bertz CT molecular complexity index is 1220. The fraction of sp³-hybridized carbons (Fsp3) is 0.217. The second-order valence-electron chi connectivity index (χ2n) is 7.51. The summed E-state index contributed by atoms with van der Waals surface area (Å²) in [6, 6.07) is 13.6. The molecule has 1 aliphatic rings. The van der Waals surface area contributed by atoms with Crippen molar-refractivity contribution in [2.24, 2.45) is 0 Å². The van der Waals surface area contributed by atoms with Crippen LogP contribution >= 0.6 is 23.2 Å². The van der Waals surface area contributed by atoms with E-state index in [1.54, 1.807) is 19.2 Å². The van der Waals surface area contributed by atoms with Crippen LogP contribution in [0.1, 0.15) is 5.56 Å². The van der Waals surface area contributed by atoms with Crippen molar-refractivity contribution in [3.63, 3.8) is 0 Å². The molecular formula is C23H20Cl2N4O2. The van der Waals surface area contributed by atoms with Gasteiger partial charge in [0.25, 0.3) is 0 Å². The summed E-state index contributed by atoms with van der Waals surface area (Å²) in [6.45, 7) is 3.00. The number of pyridine rings is 1. The molecule has 1 N–H and O–H groups in total. The van der Waals surface area contributed by atoms with Crippen molar-refractivity contribution in [1.82, 2.24) is 15.0 Å². The van der Waals surface area contributed by atoms with Gasteiger partial charge in [0, 0.05) is 13.3 Å². The van der Waals surface area contributed by atoms with Gasteiger partial charge < -0.3 is 19.4 Å². The summed E-state index contributed by atoms with van der Waals surface area (Å²) in [5, 5.41) is 0.951. The molecule has 0 aliphatic carbocycles. The van der Waals surface area contributed by atoms with Crippen LogP contribution in [-0.4, -0.2) is 41.3 Å². The van der Waals surface area contributed by atoms with E-state index in [4.69, 9.17) is 37.7 Å². The topological polar surface area (TPSA) is 63.3 Å². The average Bonchev–Trinajstić information content (AvgIpc) is 3.17. The first kappa shape index (κ1) is 20.1. The van der Waals surface area contributed by atoms with Crippen molar-refractivity contribution < 1.29 is 9.47 Å². The molecule has 1 aliphatic heterocycles. The molecular weight excluding hydrogens is 435 g/mol. The number of fused-ring (bicyclic) bond motifs is 2. The van der Waals surface area contributed by atoms with E-state index in [0.29, 0.717) is 29.1 Å². The monoisotopic (exact) mass is 454 g/mol. The van der Waals surface area contributed by atoms with Gasteiger partial charge in [-0.2, -0.15) is 0 Å². The van der Waals surface area contributed by atoms with Crippen molar-refractivity contribution in [2.75, 3.05) is 25.2 Å². The van der Waals surface area contributed by atoms with Crippen molar-refractivity contribution in [3.05, 3.63) is 64.3 Å². The second-order valence-corrected chi connectivity index (χ2v) is 8.32. The van der Waals surface area contributed by atoms with E-state index in [1.807, 2.05) is 37.4 Å². The van der Waals surface area contributed by atoms with Gasteiger partial charge in [0.2, 0.25) is 0 Å². The van der Waals surface area contributed by atoms with Crippen molar-refractivity contribution >= 4 is 45.7 Å². The number of para-hydroxylation sites is 1. The molecule has 0 saturated heterocycles. The Morgan fingerprint density at radius 2 is 2.03 bits per heavy atom. The summed E-state index contributed by atoms with van der Waals surface area (Å²) < 4.78 is 11.7. The molecule has 0 fully saturated rings. The van der Waals surface area contributed by atoms with Crippen LogP contribution in [0.3, 0.4) is 0 Å². The first-order valence-corrected chi connectivity index (χ1v) is 10.6. The van der Waals surface area contributed by atoms with Crippen LogP contribution in [0.4, 0.5) is 11.5 Å². The Morgan fingerprint density at radius 1 is 1.19 bits per heavy atom. The number of aromatic nitrogens is 3. The Kier molecular flexibility index (Phi) is 5.22. The summed E-state index contributed by atoms with van der Waals surface area (Å²) in [4.78, 5) is 14.9. The van der Waals surface area contributed by atoms with Gasteiger partial charge in [-0.1, -0.05) is 35.3 Å². The summed E-state index contributed by atoms with van der Waals surface area (Å²) >= 11 is 12.3. The molecule has 1 atom stereocenters. The maximum atomic E-state index is 6.23. The lowest BCUT2D eigenvalue weighted by Gasteiger charge is -2.38. The molecule has 6 nitrogen and oxygen atoms in total. The summed E-state index contributed by atoms with van der Waals surface area (Å²) in [5.41, 5.74) is 4.43. The molecule has 31 heavy (non-hydrogen) atoms. The van der Waals surface area contributed by atoms with Crippen LogP contribution in [0, 0.1) is 6.92 Å². The SMILES string of the molecule is COCC1COc2c(-c3nc4cc(Cl)c(Cl)cc4[nH]3)cccc2N1c1ccc(C)cn1. The highest BCUT2D eigenvalue weighted by Gasteiger charge is 2.32. The van der Waals surface area contributed by atoms with Gasteiger partial charge in [-0.15, -0.1) is 0 Å². The van der Waals surface area contributed by atoms with E-state index < -0.39 is 0 Å². The maximum Gasteiger partial charge on any atom is 0.154 e. The number of benzene rings is 2. The Hall–Kier alpha value is -2.80. The van der Waals surface area contributed by atoms with Gasteiger partial charge in [-0.05, 0) is 42.8 Å². The van der Waals surface area contributed by atoms with Crippen LogP contribution in [0.25, 0.3) is 22.4 Å². The fourth-order valence-corrected chi connectivity index (χ4v) is 4.19. The van der Waals surface area contributed by atoms with E-state index in [0.717, 1.165) is 39.4 Å². The zero-order valence-corrected chi connectivity index (χ0v) is 18.5. The van der Waals surface area contributed by atoms with Crippen molar-refractivity contribution in [3.8, 4) is 17.1 Å². The number of aromatic amines is 1. The van der Waals surface area contributed by atoms with Gasteiger partial charge >= 0.3 is 0 Å². The average molecular weight is 455 g/mol. The van der Waals surface area contributed by atoms with E-state index in [-0.39, 0.29) is 6.04 Å². The minimum atomic E-state index is -0.00348. The third-order valence-electron chi connectivity index (χ3n) is 5.32. The number of hydrogen-bond acceptors (Lipinski definition) is 5. The molecule has 0 radical (unpaired) electrons. The number of methoxy groups -OCH3 is 1. The van der Waals surface area contributed by atoms with Crippen LogP contribution in [0.15, 0.2) is 48.7 Å². The minimum absolute atomic E-state index is 0.00348. The van der Waals surface area contributed by atoms with Gasteiger partial charge in [0.05, 0.1) is 45.0 Å². The lowest BCUT2D eigenvalue weighted by molar-refractivity contribution is 0.146. The lowest BCUT2D eigenvalue weighted by atomic mass is 10.1. The van der Waals surface area contributed by atoms with Crippen LogP contribution in [0.5, 0.6) is 5.75 Å². The molecule has 158 valence electrons. The number of hydrogen-bond donors (Lipinski definition) is 1. The first-order chi connectivity index (χ1) is 15.0. The van der Waals surface area contributed by atoms with Crippen LogP contribution in [0.2, 0.25) is 10.0 Å². The maximum absolute atomic E-state index is 6.23. The third kappa shape index (κ3) is 3.61. The zero-order chi connectivity index (χ0) is 21.5. The second kappa shape index (κ2) is 8.04. The highest BCUT2D eigenvalue weighted by Crippen LogP contribution is 2.44. The van der Waals surface area contributed by atoms with Gasteiger partial charge in [-0.3, -0.25) is 0 Å². The smallest absolute Gasteiger partial charge is 0.154 e. The number of imidazole rings is 1. The summed E-state index contributed by atoms with van der Waals surface area (Å²) in [7, 11) is 1.69. The number of nitrogens with one attached hydrogen (secondary N) is 1. The predicted molar refractivity (Wildman–Crippen MR) is 124 cm³/mol. The molecule has 0 saturated carbocycles. The van der Waals surface area contributed by atoms with Crippen LogP contribution in [-0.2, 0) is 4.74 Å². The first-order valence-electron chi connectivity index (χ1n) is 9.87. The molecule has 5 rings (SSSR count). The molecule has 0 spiro atoms. The number of aryl methyl sites for hydroxylation is 1. The number of ether oxygens (including phenoxy) is 2. The molecule has 3 heterocycles. The van der Waals surface area contributed by atoms with Gasteiger partial charge in [0.1, 0.15) is 18.2 Å². The van der Waals surface area contributed by atoms with E-state index in [9.17, 15) is 0 Å². The normalized spacial score (nSPS) is 15.7. The van der Waals surface area contributed by atoms with Crippen molar-refractivity contribution in [1.29, 1.82) is 0 Å². The number of nitrogens with zero attached hydrogens (tertiary/aromatic N) is 3. The lowest BCUT2D eigenvalue weighted by Crippen LogP contribution is -2.43. The number of rotatable bonds is 4. The highest BCUT2D eigenvalue weighted by atomic mass is 35.5. The molecule has 0 bridgehead atoms. The van der Waals surface area contributed by atoms with Gasteiger partial charge in [0.15, 0.2) is 5.75 Å². The van der Waals surface area contributed by atoms with Crippen LogP contribution < -0.4 is 9.64 Å². The summed E-state index contributed by atoms with van der Waals surface area (Å²) in [5.74, 6) is 2.28. The molecule has 0 amide bonds. The van der Waals surface area contributed by atoms with Crippen molar-refractivity contribution in [2.45, 2.75) is 13.0 Å². The Labute approximate surface area is 189 Å². The zero-order valence-electron chi connectivity index (χ0n) is 17.0. The molecule has 1 unspecified atom stereocenters. The molecule has 8 heteroatoms. The Balaban J connectivity index is 1.64. The molecule has 2 aromatic heterocycles.